The van der Waals surface area contributed by atoms with E-state index in [1.807, 2.05) is 19.2 Å². The molecule has 0 bridgehead atoms. The van der Waals surface area contributed by atoms with Gasteiger partial charge in [-0.1, -0.05) is 27.2 Å². The van der Waals surface area contributed by atoms with Gasteiger partial charge in [0.1, 0.15) is 0 Å². The van der Waals surface area contributed by atoms with E-state index in [9.17, 15) is 4.79 Å². The Morgan fingerprint density at radius 1 is 1.28 bits per heavy atom. The molecule has 0 saturated heterocycles. The molecule has 0 radical (unpaired) electrons. The van der Waals surface area contributed by atoms with Crippen molar-refractivity contribution < 1.29 is 4.79 Å². The lowest BCUT2D eigenvalue weighted by molar-refractivity contribution is -0.114. The molecule has 5 heteroatoms. The maximum atomic E-state index is 11.2. The van der Waals surface area contributed by atoms with Crippen molar-refractivity contribution >= 4 is 33.1 Å². The molecule has 2 N–H and O–H groups in total. The van der Waals surface area contributed by atoms with Crippen LogP contribution in [0.4, 0.5) is 5.69 Å². The third-order valence-electron chi connectivity index (χ3n) is 4.30. The number of nitrogens with zero attached hydrogens (tertiary/aromatic N) is 1. The fourth-order valence-electron chi connectivity index (χ4n) is 2.99. The second-order valence-electron chi connectivity index (χ2n) is 7.96. The molecule has 1 amide bonds. The van der Waals surface area contributed by atoms with Crippen LogP contribution in [0.5, 0.6) is 0 Å². The van der Waals surface area contributed by atoms with Crippen molar-refractivity contribution in [2.75, 3.05) is 18.9 Å². The van der Waals surface area contributed by atoms with Gasteiger partial charge in [0, 0.05) is 18.5 Å². The van der Waals surface area contributed by atoms with Gasteiger partial charge in [-0.3, -0.25) is 4.79 Å². The maximum absolute atomic E-state index is 11.2. The van der Waals surface area contributed by atoms with Crippen LogP contribution in [0, 0.1) is 5.41 Å². The quantitative estimate of drug-likeness (QED) is 0.682. The van der Waals surface area contributed by atoms with Crippen molar-refractivity contribution in [1.29, 1.82) is 0 Å². The summed E-state index contributed by atoms with van der Waals surface area (Å²) >= 11 is 1.79. The summed E-state index contributed by atoms with van der Waals surface area (Å²) in [5, 5.41) is 7.33. The van der Waals surface area contributed by atoms with Gasteiger partial charge in [-0.15, -0.1) is 11.3 Å². The van der Waals surface area contributed by atoms with E-state index < -0.39 is 0 Å². The number of benzene rings is 1. The van der Waals surface area contributed by atoms with Crippen molar-refractivity contribution in [2.24, 2.45) is 5.41 Å². The van der Waals surface area contributed by atoms with Crippen molar-refractivity contribution in [3.63, 3.8) is 0 Å². The average molecular weight is 362 g/mol. The molecule has 1 unspecified atom stereocenters. The molecule has 1 atom stereocenters. The van der Waals surface area contributed by atoms with Crippen molar-refractivity contribution in [3.05, 3.63) is 23.2 Å². The van der Waals surface area contributed by atoms with Crippen molar-refractivity contribution in [1.82, 2.24) is 10.3 Å². The first-order chi connectivity index (χ1) is 11.8. The highest BCUT2D eigenvalue weighted by Gasteiger charge is 2.18. The summed E-state index contributed by atoms with van der Waals surface area (Å²) in [5.41, 5.74) is 2.18. The third kappa shape index (κ3) is 6.40. The Balaban J connectivity index is 2.16. The smallest absolute Gasteiger partial charge is 0.221 e. The predicted molar refractivity (Wildman–Crippen MR) is 109 cm³/mol. The Labute approximate surface area is 155 Å². The Hall–Kier alpha value is -1.46. The highest BCUT2D eigenvalue weighted by atomic mass is 32.1. The number of carbonyl (C=O) groups is 1. The third-order valence-corrected chi connectivity index (χ3v) is 5.49. The van der Waals surface area contributed by atoms with Crippen LogP contribution in [0.25, 0.3) is 10.2 Å². The van der Waals surface area contributed by atoms with Crippen LogP contribution in [0.1, 0.15) is 64.3 Å². The monoisotopic (exact) mass is 361 g/mol. The van der Waals surface area contributed by atoms with E-state index in [0.717, 1.165) is 24.2 Å². The lowest BCUT2D eigenvalue weighted by Crippen LogP contribution is -2.13. The number of amides is 1. The van der Waals surface area contributed by atoms with Gasteiger partial charge in [0.25, 0.3) is 0 Å². The van der Waals surface area contributed by atoms with Crippen LogP contribution >= 0.6 is 11.3 Å². The molecule has 0 aliphatic heterocycles. The first kappa shape index (κ1) is 19.9. The normalized spacial score (nSPS) is 13.2. The molecule has 138 valence electrons. The van der Waals surface area contributed by atoms with Gasteiger partial charge >= 0.3 is 0 Å². The fourth-order valence-corrected chi connectivity index (χ4v) is 4.11. The topological polar surface area (TPSA) is 54.0 Å². The number of hydrogen-bond acceptors (Lipinski definition) is 4. The molecule has 0 fully saturated rings. The fraction of sp³-hybridized carbons (Fsp3) is 0.600. The Morgan fingerprint density at radius 3 is 2.68 bits per heavy atom. The second-order valence-corrected chi connectivity index (χ2v) is 9.02. The van der Waals surface area contributed by atoms with Crippen LogP contribution in [0.2, 0.25) is 0 Å². The van der Waals surface area contributed by atoms with Crippen molar-refractivity contribution in [2.45, 2.75) is 59.3 Å². The second kappa shape index (κ2) is 8.77. The van der Waals surface area contributed by atoms with Gasteiger partial charge in [0.15, 0.2) is 0 Å². The molecule has 25 heavy (non-hydrogen) atoms. The van der Waals surface area contributed by atoms with E-state index in [-0.39, 0.29) is 5.91 Å². The Morgan fingerprint density at radius 2 is 2.04 bits per heavy atom. The zero-order chi connectivity index (χ0) is 18.4. The summed E-state index contributed by atoms with van der Waals surface area (Å²) in [6.45, 7) is 9.44. The van der Waals surface area contributed by atoms with Gasteiger partial charge in [-0.2, -0.15) is 0 Å². The molecule has 4 nitrogen and oxygen atoms in total. The summed E-state index contributed by atoms with van der Waals surface area (Å²) in [6.07, 6.45) is 4.75. The Kier molecular flexibility index (Phi) is 6.96. The minimum Gasteiger partial charge on any atom is -0.326 e. The van der Waals surface area contributed by atoms with Gasteiger partial charge < -0.3 is 10.6 Å². The molecule has 1 aromatic heterocycles. The van der Waals surface area contributed by atoms with Gasteiger partial charge in [-0.25, -0.2) is 4.98 Å². The molecule has 0 aliphatic carbocycles. The standard InChI is InChI=1S/C20H31N3OS/c1-14(24)22-16-8-9-18-17(13-16)23-19(25-18)15(10-12-21-5)7-6-11-20(2,3)4/h8-9,13,15,21H,6-7,10-12H2,1-5H3,(H,22,24). The molecular formula is C20H31N3OS. The zero-order valence-corrected chi connectivity index (χ0v) is 16.9. The highest BCUT2D eigenvalue weighted by Crippen LogP contribution is 2.34. The summed E-state index contributed by atoms with van der Waals surface area (Å²) < 4.78 is 1.19. The number of carbonyl (C=O) groups excluding carboxylic acids is 1. The van der Waals surface area contributed by atoms with Crippen LogP contribution in [-0.4, -0.2) is 24.5 Å². The van der Waals surface area contributed by atoms with E-state index in [1.54, 1.807) is 11.3 Å². The van der Waals surface area contributed by atoms with E-state index in [0.29, 0.717) is 11.3 Å². The SMILES string of the molecule is CNCCC(CCCC(C)(C)C)c1nc2cc(NC(C)=O)ccc2s1. The van der Waals surface area contributed by atoms with Crippen LogP contribution in [-0.2, 0) is 4.79 Å². The number of nitrogens with one attached hydrogen (secondary N) is 2. The van der Waals surface area contributed by atoms with Crippen LogP contribution in [0.15, 0.2) is 18.2 Å². The maximum Gasteiger partial charge on any atom is 0.221 e. The molecule has 0 aliphatic rings. The molecule has 0 saturated carbocycles. The highest BCUT2D eigenvalue weighted by molar-refractivity contribution is 7.18. The number of hydrogen-bond donors (Lipinski definition) is 2. The minimum absolute atomic E-state index is 0.0520. The first-order valence-electron chi connectivity index (χ1n) is 9.11. The number of thiazole rings is 1. The average Bonchev–Trinajstić information content (AvgIpc) is 2.92. The molecule has 2 aromatic rings. The van der Waals surface area contributed by atoms with Crippen LogP contribution in [0.3, 0.4) is 0 Å². The van der Waals surface area contributed by atoms with E-state index >= 15 is 0 Å². The number of fused-ring (bicyclic) bond motifs is 1. The van der Waals surface area contributed by atoms with Gasteiger partial charge in [0.2, 0.25) is 5.91 Å². The molecular weight excluding hydrogens is 330 g/mol. The largest absolute Gasteiger partial charge is 0.326 e. The molecule has 2 rings (SSSR count). The van der Waals surface area contributed by atoms with E-state index in [4.69, 9.17) is 4.98 Å². The van der Waals surface area contributed by atoms with Crippen molar-refractivity contribution in [3.8, 4) is 0 Å². The lowest BCUT2D eigenvalue weighted by atomic mass is 9.87. The summed E-state index contributed by atoms with van der Waals surface area (Å²) in [5.74, 6) is 0.445. The summed E-state index contributed by atoms with van der Waals surface area (Å²) in [7, 11) is 2.00. The Bertz CT molecular complexity index is 703. The first-order valence-corrected chi connectivity index (χ1v) is 9.93. The van der Waals surface area contributed by atoms with E-state index in [2.05, 4.69) is 37.5 Å². The number of rotatable bonds is 8. The van der Waals surface area contributed by atoms with Gasteiger partial charge in [0.05, 0.1) is 15.2 Å². The van der Waals surface area contributed by atoms with Crippen LogP contribution < -0.4 is 10.6 Å². The predicted octanol–water partition coefficient (Wildman–Crippen LogP) is 5.16. The molecule has 0 spiro atoms. The molecule has 1 aromatic carbocycles. The summed E-state index contributed by atoms with van der Waals surface area (Å²) in [6, 6.07) is 5.99. The molecule has 1 heterocycles. The number of anilines is 1. The zero-order valence-electron chi connectivity index (χ0n) is 16.1. The van der Waals surface area contributed by atoms with E-state index in [1.165, 1.54) is 35.9 Å². The van der Waals surface area contributed by atoms with Gasteiger partial charge in [-0.05, 0) is 56.5 Å². The number of aromatic nitrogens is 1. The lowest BCUT2D eigenvalue weighted by Gasteiger charge is -2.20. The summed E-state index contributed by atoms with van der Waals surface area (Å²) in [4.78, 5) is 16.1. The minimum atomic E-state index is -0.0520.